The average molecular weight is 317 g/mol. The highest BCUT2D eigenvalue weighted by atomic mass is 28.4. The number of nitrogens with zero attached hydrogens (tertiary/aromatic N) is 1. The van der Waals surface area contributed by atoms with E-state index in [1.54, 1.807) is 19.6 Å². The number of benzene rings is 1. The first-order valence-electron chi connectivity index (χ1n) is 7.19. The Balaban J connectivity index is 2.05. The van der Waals surface area contributed by atoms with Gasteiger partial charge in [-0.1, -0.05) is 24.3 Å². The maximum atomic E-state index is 13.2. The van der Waals surface area contributed by atoms with Crippen molar-refractivity contribution < 1.29 is 17.6 Å². The molecule has 6 heteroatoms. The first-order valence-corrected chi connectivity index (χ1v) is 10.6. The molecule has 1 aliphatic rings. The van der Waals surface area contributed by atoms with Gasteiger partial charge < -0.3 is 4.43 Å². The van der Waals surface area contributed by atoms with E-state index in [-0.39, 0.29) is 6.54 Å². The molecule has 0 saturated heterocycles. The Labute approximate surface area is 125 Å². The Morgan fingerprint density at radius 2 is 1.81 bits per heavy atom. The van der Waals surface area contributed by atoms with E-state index in [1.807, 2.05) is 29.2 Å². The van der Waals surface area contributed by atoms with Crippen molar-refractivity contribution in [2.45, 2.75) is 44.9 Å². The second kappa shape index (κ2) is 6.10. The third-order valence-corrected chi connectivity index (χ3v) is 4.49. The summed E-state index contributed by atoms with van der Waals surface area (Å²) in [5, 5.41) is 0. The maximum absolute atomic E-state index is 13.2. The van der Waals surface area contributed by atoms with Gasteiger partial charge in [0.1, 0.15) is 0 Å². The lowest BCUT2D eigenvalue weighted by atomic mass is 10.00. The lowest BCUT2D eigenvalue weighted by molar-refractivity contribution is -0.202. The van der Waals surface area contributed by atoms with Crippen LogP contribution in [-0.4, -0.2) is 38.6 Å². The summed E-state index contributed by atoms with van der Waals surface area (Å²) in [5.41, 5.74) is 2.36. The molecule has 0 aromatic heterocycles. The third kappa shape index (κ3) is 4.83. The molecule has 118 valence electrons. The van der Waals surface area contributed by atoms with Crippen molar-refractivity contribution in [3.8, 4) is 0 Å². The van der Waals surface area contributed by atoms with Gasteiger partial charge in [-0.3, -0.25) is 4.90 Å². The fourth-order valence-corrected chi connectivity index (χ4v) is 3.64. The van der Waals surface area contributed by atoms with Crippen molar-refractivity contribution in [3.63, 3.8) is 0 Å². The molecular weight excluding hydrogens is 295 g/mol. The predicted molar refractivity (Wildman–Crippen MR) is 79.7 cm³/mol. The normalized spacial score (nSPS) is 18.4. The standard InChI is InChI=1S/C15H22F3NOSi/c1-21(2,3)20-14(15(16,17)18)11-19-9-8-12-6-4-5-7-13(12)10-19/h4-7,14H,8-11H2,1-3H3. The van der Waals surface area contributed by atoms with Crippen LogP contribution in [0.15, 0.2) is 24.3 Å². The Morgan fingerprint density at radius 3 is 2.38 bits per heavy atom. The van der Waals surface area contributed by atoms with Crippen molar-refractivity contribution in [2.75, 3.05) is 13.1 Å². The van der Waals surface area contributed by atoms with E-state index >= 15 is 0 Å². The van der Waals surface area contributed by atoms with Gasteiger partial charge in [0.15, 0.2) is 14.4 Å². The lowest BCUT2D eigenvalue weighted by Crippen LogP contribution is -2.48. The minimum Gasteiger partial charge on any atom is -0.405 e. The first-order chi connectivity index (χ1) is 9.65. The summed E-state index contributed by atoms with van der Waals surface area (Å²) in [6.07, 6.45) is -5.19. The van der Waals surface area contributed by atoms with Crippen LogP contribution in [0.1, 0.15) is 11.1 Å². The molecule has 1 aromatic rings. The van der Waals surface area contributed by atoms with Crippen molar-refractivity contribution >= 4 is 8.32 Å². The molecule has 0 spiro atoms. The van der Waals surface area contributed by atoms with Gasteiger partial charge in [-0.05, 0) is 37.2 Å². The molecule has 0 fully saturated rings. The molecule has 2 nitrogen and oxygen atoms in total. The summed E-state index contributed by atoms with van der Waals surface area (Å²) in [6.45, 7) is 6.50. The highest BCUT2D eigenvalue weighted by molar-refractivity contribution is 6.69. The zero-order valence-corrected chi connectivity index (χ0v) is 13.7. The molecule has 1 atom stereocenters. The van der Waals surface area contributed by atoms with E-state index in [4.69, 9.17) is 4.43 Å². The molecule has 0 saturated carbocycles. The van der Waals surface area contributed by atoms with E-state index in [0.717, 1.165) is 12.0 Å². The molecule has 1 heterocycles. The van der Waals surface area contributed by atoms with Crippen molar-refractivity contribution in [1.29, 1.82) is 0 Å². The summed E-state index contributed by atoms with van der Waals surface area (Å²) in [6, 6.07) is 7.94. The highest BCUT2D eigenvalue weighted by Crippen LogP contribution is 2.28. The molecule has 0 N–H and O–H groups in total. The molecule has 0 aliphatic carbocycles. The van der Waals surface area contributed by atoms with Gasteiger partial charge in [-0.2, -0.15) is 13.2 Å². The highest BCUT2D eigenvalue weighted by Gasteiger charge is 2.44. The van der Waals surface area contributed by atoms with E-state index in [1.165, 1.54) is 5.56 Å². The van der Waals surface area contributed by atoms with Crippen LogP contribution in [-0.2, 0) is 17.4 Å². The molecular formula is C15H22F3NOSi. The average Bonchev–Trinajstić information content (AvgIpc) is 2.35. The largest absolute Gasteiger partial charge is 0.414 e. The fraction of sp³-hybridized carbons (Fsp3) is 0.600. The van der Waals surface area contributed by atoms with Crippen molar-refractivity contribution in [1.82, 2.24) is 4.90 Å². The second-order valence-corrected chi connectivity index (χ2v) is 11.0. The van der Waals surface area contributed by atoms with Crippen LogP contribution < -0.4 is 0 Å². The van der Waals surface area contributed by atoms with Crippen LogP contribution in [0.2, 0.25) is 19.6 Å². The van der Waals surface area contributed by atoms with Gasteiger partial charge in [0.25, 0.3) is 0 Å². The summed E-state index contributed by atoms with van der Waals surface area (Å²) in [5.74, 6) is 0. The first kappa shape index (κ1) is 16.5. The van der Waals surface area contributed by atoms with E-state index in [9.17, 15) is 13.2 Å². The smallest absolute Gasteiger partial charge is 0.405 e. The summed E-state index contributed by atoms with van der Waals surface area (Å²) in [7, 11) is -2.23. The SMILES string of the molecule is C[Si](C)(C)OC(CN1CCc2ccccc2C1)C(F)(F)F. The number of fused-ring (bicyclic) bond motifs is 1. The number of rotatable bonds is 4. The fourth-order valence-electron chi connectivity index (χ4n) is 2.58. The molecule has 21 heavy (non-hydrogen) atoms. The molecule has 0 radical (unpaired) electrons. The monoisotopic (exact) mass is 317 g/mol. The minimum absolute atomic E-state index is 0.0812. The maximum Gasteiger partial charge on any atom is 0.414 e. The van der Waals surface area contributed by atoms with Gasteiger partial charge in [0, 0.05) is 19.6 Å². The van der Waals surface area contributed by atoms with E-state index in [2.05, 4.69) is 0 Å². The Hall–Kier alpha value is -0.853. The molecule has 0 amide bonds. The lowest BCUT2D eigenvalue weighted by Gasteiger charge is -2.35. The number of alkyl halides is 3. The van der Waals surface area contributed by atoms with Crippen LogP contribution in [0.4, 0.5) is 13.2 Å². The van der Waals surface area contributed by atoms with Crippen LogP contribution >= 0.6 is 0 Å². The van der Waals surface area contributed by atoms with Crippen LogP contribution in [0.3, 0.4) is 0 Å². The van der Waals surface area contributed by atoms with Crippen LogP contribution in [0, 0.1) is 0 Å². The minimum atomic E-state index is -4.31. The molecule has 2 rings (SSSR count). The zero-order valence-electron chi connectivity index (χ0n) is 12.7. The molecule has 1 unspecified atom stereocenters. The molecule has 0 bridgehead atoms. The Morgan fingerprint density at radius 1 is 1.19 bits per heavy atom. The predicted octanol–water partition coefficient (Wildman–Crippen LogP) is 3.83. The molecule has 1 aliphatic heterocycles. The van der Waals surface area contributed by atoms with Gasteiger partial charge in [0.05, 0.1) is 0 Å². The Kier molecular flexibility index (Phi) is 4.80. The molecule has 1 aromatic carbocycles. The van der Waals surface area contributed by atoms with Crippen molar-refractivity contribution in [3.05, 3.63) is 35.4 Å². The van der Waals surface area contributed by atoms with E-state index in [0.29, 0.717) is 13.1 Å². The summed E-state index contributed by atoms with van der Waals surface area (Å²) in [4.78, 5) is 1.85. The van der Waals surface area contributed by atoms with E-state index < -0.39 is 20.6 Å². The van der Waals surface area contributed by atoms with Crippen molar-refractivity contribution in [2.24, 2.45) is 0 Å². The summed E-state index contributed by atoms with van der Waals surface area (Å²) < 4.78 is 44.9. The third-order valence-electron chi connectivity index (χ3n) is 3.49. The topological polar surface area (TPSA) is 12.5 Å². The number of hydrogen-bond acceptors (Lipinski definition) is 2. The van der Waals surface area contributed by atoms with Gasteiger partial charge in [-0.25, -0.2) is 0 Å². The van der Waals surface area contributed by atoms with Gasteiger partial charge in [-0.15, -0.1) is 0 Å². The van der Waals surface area contributed by atoms with Gasteiger partial charge >= 0.3 is 6.18 Å². The van der Waals surface area contributed by atoms with Crippen LogP contribution in [0.25, 0.3) is 0 Å². The Bertz CT molecular complexity index is 485. The number of hydrogen-bond donors (Lipinski definition) is 0. The quantitative estimate of drug-likeness (QED) is 0.783. The zero-order chi connectivity index (χ0) is 15.7. The van der Waals surface area contributed by atoms with Gasteiger partial charge in [0.2, 0.25) is 0 Å². The van der Waals surface area contributed by atoms with Crippen LogP contribution in [0.5, 0.6) is 0 Å². The number of halogens is 3. The second-order valence-electron chi connectivity index (χ2n) is 6.51. The summed E-state index contributed by atoms with van der Waals surface area (Å²) >= 11 is 0.